The summed E-state index contributed by atoms with van der Waals surface area (Å²) in [5.74, 6) is 0.220. The van der Waals surface area contributed by atoms with Crippen molar-refractivity contribution in [3.05, 3.63) is 62.5 Å². The van der Waals surface area contributed by atoms with Crippen LogP contribution >= 0.6 is 0 Å². The molecule has 0 saturated carbocycles. The zero-order valence-corrected chi connectivity index (χ0v) is 14.2. The Morgan fingerprint density at radius 3 is 2.85 bits per heavy atom. The fraction of sp³-hybridized carbons (Fsp3) is 0.294. The lowest BCUT2D eigenvalue weighted by molar-refractivity contribution is -0.121. The fourth-order valence-electron chi connectivity index (χ4n) is 2.55. The van der Waals surface area contributed by atoms with Crippen LogP contribution in [0, 0.1) is 0 Å². The van der Waals surface area contributed by atoms with E-state index < -0.39 is 0 Å². The number of carbonyl (C=O) groups excluding carboxylic acids is 1. The van der Waals surface area contributed by atoms with Crippen LogP contribution in [-0.4, -0.2) is 28.0 Å². The van der Waals surface area contributed by atoms with Gasteiger partial charge in [-0.25, -0.2) is 4.68 Å². The van der Waals surface area contributed by atoms with Crippen LogP contribution in [0.4, 0.5) is 0 Å². The van der Waals surface area contributed by atoms with Gasteiger partial charge in [-0.15, -0.1) is 0 Å². The predicted octanol–water partition coefficient (Wildman–Crippen LogP) is 0.531. The number of nitrogens with zero attached hydrogens (tertiary/aromatic N) is 2. The molecule has 0 atom stereocenters. The summed E-state index contributed by atoms with van der Waals surface area (Å²) >= 11 is 0. The van der Waals surface area contributed by atoms with Gasteiger partial charge in [-0.05, 0) is 12.1 Å². The molecule has 3 aromatic rings. The molecule has 2 aromatic heterocycles. The minimum absolute atomic E-state index is 0.0350. The molecule has 0 aliphatic heterocycles. The summed E-state index contributed by atoms with van der Waals surface area (Å²) in [5.41, 5.74) is -0.0718. The van der Waals surface area contributed by atoms with Crippen LogP contribution in [0.5, 0.6) is 0 Å². The molecule has 1 amide bonds. The van der Waals surface area contributed by atoms with Crippen molar-refractivity contribution in [3.8, 4) is 0 Å². The van der Waals surface area contributed by atoms with Gasteiger partial charge in [0.2, 0.25) is 5.91 Å². The van der Waals surface area contributed by atoms with Crippen LogP contribution in [0.1, 0.15) is 17.9 Å². The topological polar surface area (TPSA) is 119 Å². The maximum absolute atomic E-state index is 12.4. The highest BCUT2D eigenvalue weighted by atomic mass is 16.5. The number of amides is 1. The Morgan fingerprint density at radius 2 is 2.08 bits per heavy atom. The van der Waals surface area contributed by atoms with Crippen molar-refractivity contribution in [1.82, 2.24) is 20.3 Å². The maximum Gasteiger partial charge on any atom is 0.273 e. The minimum Gasteiger partial charge on any atom is -0.378 e. The first-order chi connectivity index (χ1) is 12.6. The van der Waals surface area contributed by atoms with Gasteiger partial charge in [0.15, 0.2) is 5.76 Å². The summed E-state index contributed by atoms with van der Waals surface area (Å²) < 4.78 is 11.1. The summed E-state index contributed by atoms with van der Waals surface area (Å²) in [5, 5.41) is 9.61. The van der Waals surface area contributed by atoms with Crippen LogP contribution in [0.3, 0.4) is 0 Å². The molecule has 26 heavy (non-hydrogen) atoms. The van der Waals surface area contributed by atoms with Crippen LogP contribution in [-0.2, 0) is 29.2 Å². The summed E-state index contributed by atoms with van der Waals surface area (Å²) in [6, 6.07) is 8.24. The van der Waals surface area contributed by atoms with Crippen LogP contribution < -0.4 is 16.4 Å². The molecular formula is C17H18N4O5. The van der Waals surface area contributed by atoms with Crippen molar-refractivity contribution in [2.24, 2.45) is 0 Å². The number of nitrogens with one attached hydrogen (secondary N) is 2. The van der Waals surface area contributed by atoms with Crippen molar-refractivity contribution in [2.45, 2.75) is 26.1 Å². The number of methoxy groups -OCH3 is 1. The number of benzene rings is 1. The number of rotatable bonds is 7. The van der Waals surface area contributed by atoms with Gasteiger partial charge in [0.1, 0.15) is 5.69 Å². The third kappa shape index (κ3) is 3.89. The lowest BCUT2D eigenvalue weighted by Crippen LogP contribution is -2.32. The zero-order chi connectivity index (χ0) is 18.5. The average Bonchev–Trinajstić information content (AvgIpc) is 3.10. The number of aryl methyl sites for hydroxylation is 1. The first-order valence-electron chi connectivity index (χ1n) is 8.00. The Labute approximate surface area is 147 Å². The first-order valence-corrected chi connectivity index (χ1v) is 8.00. The number of aromatic nitrogens is 3. The second-order valence-corrected chi connectivity index (χ2v) is 5.69. The monoisotopic (exact) mass is 358 g/mol. The molecular weight excluding hydrogens is 340 g/mol. The van der Waals surface area contributed by atoms with E-state index in [2.05, 4.69) is 15.6 Å². The average molecular weight is 358 g/mol. The van der Waals surface area contributed by atoms with Crippen LogP contribution in [0.15, 0.2) is 44.4 Å². The summed E-state index contributed by atoms with van der Waals surface area (Å²) in [7, 11) is 1.55. The molecule has 0 saturated heterocycles. The Balaban J connectivity index is 1.61. The van der Waals surface area contributed by atoms with E-state index in [-0.39, 0.29) is 36.5 Å². The smallest absolute Gasteiger partial charge is 0.273 e. The van der Waals surface area contributed by atoms with Gasteiger partial charge in [0.25, 0.3) is 11.1 Å². The standard InChI is InChI=1S/C17H18N4O5/c1-25-10-11-8-12(26-20-11)9-18-15(22)6-7-21-17(24)14-5-3-2-4-13(14)16(23)19-21/h2-5,8H,6-7,9-10H2,1H3,(H,18,22)(H,19,23). The van der Waals surface area contributed by atoms with Crippen molar-refractivity contribution < 1.29 is 14.1 Å². The molecule has 0 aliphatic carbocycles. The highest BCUT2D eigenvalue weighted by Crippen LogP contribution is 2.05. The molecule has 2 heterocycles. The highest BCUT2D eigenvalue weighted by Gasteiger charge is 2.10. The fourth-order valence-corrected chi connectivity index (χ4v) is 2.55. The number of ether oxygens (including phenoxy) is 1. The summed E-state index contributed by atoms with van der Waals surface area (Å²) in [6.07, 6.45) is 0.0350. The van der Waals surface area contributed by atoms with Gasteiger partial charge in [0, 0.05) is 19.6 Å². The number of H-pyrrole nitrogens is 1. The highest BCUT2D eigenvalue weighted by molar-refractivity contribution is 5.80. The molecule has 0 unspecified atom stereocenters. The second kappa shape index (κ2) is 7.79. The third-order valence-corrected chi connectivity index (χ3v) is 3.81. The van der Waals surface area contributed by atoms with Gasteiger partial charge in [0.05, 0.1) is 30.5 Å². The molecule has 1 aromatic carbocycles. The van der Waals surface area contributed by atoms with E-state index in [0.29, 0.717) is 28.8 Å². The quantitative estimate of drug-likeness (QED) is 0.636. The number of hydrogen-bond donors (Lipinski definition) is 2. The van der Waals surface area contributed by atoms with E-state index in [1.165, 1.54) is 0 Å². The van der Waals surface area contributed by atoms with Crippen LogP contribution in [0.2, 0.25) is 0 Å². The minimum atomic E-state index is -0.368. The van der Waals surface area contributed by atoms with Crippen molar-refractivity contribution >= 4 is 16.7 Å². The number of hydrogen-bond acceptors (Lipinski definition) is 6. The summed E-state index contributed by atoms with van der Waals surface area (Å²) in [6.45, 7) is 0.574. The van der Waals surface area contributed by atoms with E-state index in [0.717, 1.165) is 4.68 Å². The molecule has 3 rings (SSSR count). The SMILES string of the molecule is COCc1cc(CNC(=O)CCn2[nH]c(=O)c3ccccc3c2=O)on1. The third-order valence-electron chi connectivity index (χ3n) is 3.81. The molecule has 9 nitrogen and oxygen atoms in total. The normalized spacial score (nSPS) is 11.0. The lowest BCUT2D eigenvalue weighted by atomic mass is 10.2. The second-order valence-electron chi connectivity index (χ2n) is 5.69. The maximum atomic E-state index is 12.4. The number of fused-ring (bicyclic) bond motifs is 1. The molecule has 0 aliphatic rings. The zero-order valence-electron chi connectivity index (χ0n) is 14.2. The van der Waals surface area contributed by atoms with Gasteiger partial charge < -0.3 is 14.6 Å². The van der Waals surface area contributed by atoms with Crippen molar-refractivity contribution in [3.63, 3.8) is 0 Å². The lowest BCUT2D eigenvalue weighted by Gasteiger charge is -2.07. The van der Waals surface area contributed by atoms with E-state index in [1.54, 1.807) is 37.4 Å². The molecule has 2 N–H and O–H groups in total. The molecule has 0 radical (unpaired) electrons. The van der Waals surface area contributed by atoms with Gasteiger partial charge >= 0.3 is 0 Å². The Kier molecular flexibility index (Phi) is 5.28. The first kappa shape index (κ1) is 17.6. The predicted molar refractivity (Wildman–Crippen MR) is 92.5 cm³/mol. The molecule has 136 valence electrons. The largest absolute Gasteiger partial charge is 0.378 e. The van der Waals surface area contributed by atoms with E-state index in [9.17, 15) is 14.4 Å². The molecule has 0 spiro atoms. The Hall–Kier alpha value is -3.20. The Morgan fingerprint density at radius 1 is 1.31 bits per heavy atom. The van der Waals surface area contributed by atoms with E-state index in [4.69, 9.17) is 9.26 Å². The van der Waals surface area contributed by atoms with Gasteiger partial charge in [-0.1, -0.05) is 17.3 Å². The van der Waals surface area contributed by atoms with Gasteiger partial charge in [-0.2, -0.15) is 0 Å². The van der Waals surface area contributed by atoms with Crippen molar-refractivity contribution in [1.29, 1.82) is 0 Å². The molecule has 9 heteroatoms. The summed E-state index contributed by atoms with van der Waals surface area (Å²) in [4.78, 5) is 36.4. The molecule has 0 bridgehead atoms. The van der Waals surface area contributed by atoms with Gasteiger partial charge in [-0.3, -0.25) is 19.5 Å². The van der Waals surface area contributed by atoms with E-state index in [1.807, 2.05) is 0 Å². The van der Waals surface area contributed by atoms with E-state index >= 15 is 0 Å². The van der Waals surface area contributed by atoms with Crippen LogP contribution in [0.25, 0.3) is 10.8 Å². The number of carbonyl (C=O) groups is 1. The molecule has 0 fully saturated rings. The Bertz CT molecular complexity index is 1030. The number of aromatic amines is 1. The van der Waals surface area contributed by atoms with Crippen molar-refractivity contribution in [2.75, 3.05) is 7.11 Å².